The highest BCUT2D eigenvalue weighted by atomic mass is 16.5. The summed E-state index contributed by atoms with van der Waals surface area (Å²) in [6.07, 6.45) is 1.43. The molecule has 170 valence electrons. The number of ether oxygens (including phenoxy) is 2. The summed E-state index contributed by atoms with van der Waals surface area (Å²) >= 11 is 0. The van der Waals surface area contributed by atoms with Crippen LogP contribution in [0.5, 0.6) is 5.75 Å². The van der Waals surface area contributed by atoms with E-state index in [0.29, 0.717) is 52.5 Å². The molecule has 0 saturated heterocycles. The zero-order valence-corrected chi connectivity index (χ0v) is 18.4. The van der Waals surface area contributed by atoms with E-state index in [9.17, 15) is 9.59 Å². The molecule has 0 unspecified atom stereocenters. The molecule has 34 heavy (non-hydrogen) atoms. The zero-order valence-electron chi connectivity index (χ0n) is 18.4. The van der Waals surface area contributed by atoms with Crippen molar-refractivity contribution in [3.05, 3.63) is 89.1 Å². The topological polar surface area (TPSA) is 116 Å². The van der Waals surface area contributed by atoms with Gasteiger partial charge in [0.25, 0.3) is 11.8 Å². The minimum atomic E-state index is -0.630. The lowest BCUT2D eigenvalue weighted by Gasteiger charge is -2.15. The van der Waals surface area contributed by atoms with Crippen LogP contribution >= 0.6 is 0 Å². The van der Waals surface area contributed by atoms with Gasteiger partial charge in [-0.25, -0.2) is 0 Å². The second-order valence-corrected chi connectivity index (χ2v) is 7.93. The van der Waals surface area contributed by atoms with Crippen molar-refractivity contribution in [2.45, 2.75) is 13.2 Å². The summed E-state index contributed by atoms with van der Waals surface area (Å²) in [7, 11) is 1.58. The summed E-state index contributed by atoms with van der Waals surface area (Å²) in [5.41, 5.74) is 10.9. The van der Waals surface area contributed by atoms with Gasteiger partial charge in [-0.3, -0.25) is 14.6 Å². The maximum absolute atomic E-state index is 13.0. The van der Waals surface area contributed by atoms with Gasteiger partial charge >= 0.3 is 0 Å². The smallest absolute Gasteiger partial charge is 0.255 e. The molecule has 4 aromatic rings. The first-order chi connectivity index (χ1) is 16.5. The fraction of sp³-hybridized carbons (Fsp3) is 0.115. The second kappa shape index (κ2) is 8.84. The summed E-state index contributed by atoms with van der Waals surface area (Å²) in [6.45, 7) is 1.13. The van der Waals surface area contributed by atoms with Crippen LogP contribution in [0.1, 0.15) is 31.8 Å². The first-order valence-corrected chi connectivity index (χ1v) is 10.7. The third-order valence-corrected chi connectivity index (χ3v) is 5.71. The number of rotatable bonds is 6. The molecule has 1 aromatic heterocycles. The van der Waals surface area contributed by atoms with Crippen molar-refractivity contribution in [3.63, 3.8) is 0 Å². The number of nitrogens with two attached hydrogens (primary N) is 1. The second-order valence-electron chi connectivity index (χ2n) is 7.93. The van der Waals surface area contributed by atoms with E-state index >= 15 is 0 Å². The Hall–Kier alpha value is -4.43. The number of pyridine rings is 1. The van der Waals surface area contributed by atoms with Crippen LogP contribution in [0, 0.1) is 0 Å². The predicted molar refractivity (Wildman–Crippen MR) is 129 cm³/mol. The molecule has 0 fully saturated rings. The van der Waals surface area contributed by atoms with Crippen molar-refractivity contribution in [2.75, 3.05) is 17.7 Å². The normalized spacial score (nSPS) is 12.3. The highest BCUT2D eigenvalue weighted by Gasteiger charge is 2.17. The Morgan fingerprint density at radius 3 is 2.68 bits per heavy atom. The number of benzene rings is 3. The molecule has 3 aromatic carbocycles. The SMILES string of the molecule is COc1cccc(Nc2c(C(N)=O)cnc3ccc(C(=O)Nc4ccc5c(c4)COC5)cc23)c1. The Balaban J connectivity index is 1.52. The number of nitrogens with zero attached hydrogens (tertiary/aromatic N) is 1. The van der Waals surface area contributed by atoms with Crippen LogP contribution in [0.2, 0.25) is 0 Å². The van der Waals surface area contributed by atoms with E-state index in [4.69, 9.17) is 15.2 Å². The standard InChI is InChI=1S/C26H22N4O4/c1-33-20-4-2-3-18(11-20)29-24-21-10-15(6-8-23(21)28-12-22(24)25(27)31)26(32)30-19-7-5-16-13-34-14-17(16)9-19/h2-12H,13-14H2,1H3,(H2,27,31)(H,28,29)(H,30,32). The predicted octanol–water partition coefficient (Wildman–Crippen LogP) is 4.37. The van der Waals surface area contributed by atoms with Crippen molar-refractivity contribution in [3.8, 4) is 5.75 Å². The monoisotopic (exact) mass is 454 g/mol. The number of amides is 2. The number of carbonyl (C=O) groups excluding carboxylic acids is 2. The Morgan fingerprint density at radius 2 is 1.85 bits per heavy atom. The third kappa shape index (κ3) is 4.14. The molecule has 1 aliphatic rings. The number of hydrogen-bond acceptors (Lipinski definition) is 6. The van der Waals surface area contributed by atoms with E-state index in [1.165, 1.54) is 6.20 Å². The maximum atomic E-state index is 13.0. The minimum absolute atomic E-state index is 0.214. The van der Waals surface area contributed by atoms with Gasteiger partial charge in [0.05, 0.1) is 37.1 Å². The van der Waals surface area contributed by atoms with Crippen LogP contribution in [0.4, 0.5) is 17.1 Å². The number of fused-ring (bicyclic) bond motifs is 2. The first-order valence-electron chi connectivity index (χ1n) is 10.7. The van der Waals surface area contributed by atoms with Gasteiger partial charge in [0.15, 0.2) is 0 Å². The lowest BCUT2D eigenvalue weighted by atomic mass is 10.0. The van der Waals surface area contributed by atoms with Gasteiger partial charge < -0.3 is 25.8 Å². The Morgan fingerprint density at radius 1 is 1.00 bits per heavy atom. The number of nitrogens with one attached hydrogen (secondary N) is 2. The van der Waals surface area contributed by atoms with Crippen molar-refractivity contribution < 1.29 is 19.1 Å². The molecule has 1 aliphatic heterocycles. The summed E-state index contributed by atoms with van der Waals surface area (Å²) in [4.78, 5) is 29.5. The van der Waals surface area contributed by atoms with E-state index in [2.05, 4.69) is 15.6 Å². The molecule has 8 heteroatoms. The first kappa shape index (κ1) is 21.4. The number of carbonyl (C=O) groups is 2. The minimum Gasteiger partial charge on any atom is -0.497 e. The van der Waals surface area contributed by atoms with E-state index in [1.807, 2.05) is 36.4 Å². The van der Waals surface area contributed by atoms with Crippen molar-refractivity contribution in [1.29, 1.82) is 0 Å². The van der Waals surface area contributed by atoms with Gasteiger partial charge in [0.1, 0.15) is 5.75 Å². The van der Waals surface area contributed by atoms with E-state index in [1.54, 1.807) is 31.4 Å². The third-order valence-electron chi connectivity index (χ3n) is 5.71. The van der Waals surface area contributed by atoms with Crippen LogP contribution in [-0.2, 0) is 18.0 Å². The van der Waals surface area contributed by atoms with Crippen LogP contribution < -0.4 is 21.1 Å². The Labute approximate surface area is 195 Å². The van der Waals surface area contributed by atoms with Gasteiger partial charge in [-0.1, -0.05) is 12.1 Å². The largest absolute Gasteiger partial charge is 0.497 e. The number of anilines is 3. The average Bonchev–Trinajstić information content (AvgIpc) is 3.32. The summed E-state index contributed by atoms with van der Waals surface area (Å²) in [5.74, 6) is -0.253. The van der Waals surface area contributed by atoms with Crippen molar-refractivity contribution in [2.24, 2.45) is 5.73 Å². The number of hydrogen-bond donors (Lipinski definition) is 3. The molecular formula is C26H22N4O4. The van der Waals surface area contributed by atoms with Gasteiger partial charge in [-0.15, -0.1) is 0 Å². The molecule has 8 nitrogen and oxygen atoms in total. The molecule has 0 atom stereocenters. The van der Waals surface area contributed by atoms with Crippen LogP contribution in [0.25, 0.3) is 10.9 Å². The van der Waals surface area contributed by atoms with Crippen molar-refractivity contribution in [1.82, 2.24) is 4.98 Å². The molecule has 0 radical (unpaired) electrons. The van der Waals surface area contributed by atoms with Gasteiger partial charge in [-0.05, 0) is 53.6 Å². The molecular weight excluding hydrogens is 432 g/mol. The molecule has 4 N–H and O–H groups in total. The van der Waals surface area contributed by atoms with Gasteiger partial charge in [0.2, 0.25) is 0 Å². The van der Waals surface area contributed by atoms with Crippen molar-refractivity contribution >= 4 is 39.8 Å². The quantitative estimate of drug-likeness (QED) is 0.399. The number of methoxy groups -OCH3 is 1. The van der Waals surface area contributed by atoms with E-state index < -0.39 is 5.91 Å². The fourth-order valence-corrected chi connectivity index (χ4v) is 3.95. The molecule has 0 bridgehead atoms. The lowest BCUT2D eigenvalue weighted by Crippen LogP contribution is -2.15. The molecule has 0 aliphatic carbocycles. The molecule has 2 heterocycles. The van der Waals surface area contributed by atoms with Gasteiger partial charge in [0, 0.05) is 34.6 Å². The molecule has 2 amide bonds. The van der Waals surface area contributed by atoms with Crippen LogP contribution in [0.3, 0.4) is 0 Å². The highest BCUT2D eigenvalue weighted by molar-refractivity contribution is 6.11. The summed E-state index contributed by atoms with van der Waals surface area (Å²) in [5, 5.41) is 6.77. The molecule has 0 spiro atoms. The highest BCUT2D eigenvalue weighted by Crippen LogP contribution is 2.31. The Kier molecular flexibility index (Phi) is 5.57. The lowest BCUT2D eigenvalue weighted by molar-refractivity contribution is 0.0998. The Bertz CT molecular complexity index is 1430. The number of primary amides is 1. The average molecular weight is 454 g/mol. The maximum Gasteiger partial charge on any atom is 0.255 e. The van der Waals surface area contributed by atoms with Crippen LogP contribution in [-0.4, -0.2) is 23.9 Å². The fourth-order valence-electron chi connectivity index (χ4n) is 3.95. The summed E-state index contributed by atoms with van der Waals surface area (Å²) < 4.78 is 10.7. The van der Waals surface area contributed by atoms with Gasteiger partial charge in [-0.2, -0.15) is 0 Å². The summed E-state index contributed by atoms with van der Waals surface area (Å²) in [6, 6.07) is 18.1. The van der Waals surface area contributed by atoms with Crippen LogP contribution in [0.15, 0.2) is 66.9 Å². The van der Waals surface area contributed by atoms with E-state index in [0.717, 1.165) is 11.1 Å². The molecule has 5 rings (SSSR count). The number of aromatic nitrogens is 1. The van der Waals surface area contributed by atoms with E-state index in [-0.39, 0.29) is 11.5 Å². The molecule has 0 saturated carbocycles. The zero-order chi connectivity index (χ0) is 23.7.